The van der Waals surface area contributed by atoms with Crippen molar-refractivity contribution in [3.63, 3.8) is 0 Å². The molecule has 1 heterocycles. The average Bonchev–Trinajstić information content (AvgIpc) is 3.53. The Kier molecular flexibility index (Phi) is 17.2. The van der Waals surface area contributed by atoms with Gasteiger partial charge in [0.15, 0.2) is 0 Å². The number of nitrogens with one attached hydrogen (secondary N) is 2. The monoisotopic (exact) mass is 743 g/mol. The number of nitrogens with two attached hydrogens (primary N) is 2. The second-order valence-corrected chi connectivity index (χ2v) is 12.2. The van der Waals surface area contributed by atoms with Crippen LogP contribution in [0.15, 0.2) is 146 Å². The molecule has 0 aliphatic heterocycles. The molecule has 0 radical (unpaired) electrons. The number of methoxy groups -OCH3 is 1. The van der Waals surface area contributed by atoms with Gasteiger partial charge in [0.05, 0.1) is 7.11 Å². The van der Waals surface area contributed by atoms with E-state index in [2.05, 4.69) is 39.3 Å². The van der Waals surface area contributed by atoms with Crippen LogP contribution in [-0.2, 0) is 38.2 Å². The number of benzene rings is 5. The number of para-hydroxylation sites is 1. The largest absolute Gasteiger partial charge is 0.497 e. The molecule has 286 valence electrons. The third kappa shape index (κ3) is 12.1. The molecule has 0 saturated heterocycles. The predicted molar refractivity (Wildman–Crippen MR) is 217 cm³/mol. The van der Waals surface area contributed by atoms with E-state index in [1.54, 1.807) is 7.11 Å². The van der Waals surface area contributed by atoms with E-state index >= 15 is 0 Å². The van der Waals surface area contributed by atoms with Crippen LogP contribution in [0.1, 0.15) is 42.0 Å². The highest BCUT2D eigenvalue weighted by Crippen LogP contribution is 2.36. The number of aliphatic carboxylic acids is 1. The van der Waals surface area contributed by atoms with Gasteiger partial charge in [0, 0.05) is 42.7 Å². The fourth-order valence-corrected chi connectivity index (χ4v) is 6.04. The van der Waals surface area contributed by atoms with Crippen LogP contribution in [0.4, 0.5) is 5.69 Å². The summed E-state index contributed by atoms with van der Waals surface area (Å²) in [6, 6.07) is 45.2. The molecule has 11 heteroatoms. The first-order valence-electron chi connectivity index (χ1n) is 17.6. The quantitative estimate of drug-likeness (QED) is 0.0672. The zero-order valence-corrected chi connectivity index (χ0v) is 31.3. The van der Waals surface area contributed by atoms with Crippen LogP contribution in [0.25, 0.3) is 10.9 Å². The first-order valence-corrected chi connectivity index (χ1v) is 17.6. The molecule has 0 aliphatic rings. The zero-order valence-electron chi connectivity index (χ0n) is 31.3. The van der Waals surface area contributed by atoms with Gasteiger partial charge in [0.25, 0.3) is 0 Å². The summed E-state index contributed by atoms with van der Waals surface area (Å²) in [4.78, 5) is 41.5. The van der Waals surface area contributed by atoms with Crippen LogP contribution in [0.5, 0.6) is 5.75 Å². The number of hydrogen-bond donors (Lipinski definition) is 5. The Hall–Kier alpha value is -6.88. The summed E-state index contributed by atoms with van der Waals surface area (Å²) in [6.45, 7) is 1.84. The Balaban J connectivity index is 0.000000243. The zero-order chi connectivity index (χ0) is 40.1. The van der Waals surface area contributed by atoms with Crippen molar-refractivity contribution in [1.82, 2.24) is 9.88 Å². The molecule has 0 bridgehead atoms. The van der Waals surface area contributed by atoms with Gasteiger partial charge in [-0.2, -0.15) is 0 Å². The number of carboxylic acid groups (broad SMARTS) is 1. The Bertz CT molecular complexity index is 1960. The molecule has 7 N–H and O–H groups in total. The maximum Gasteiger partial charge on any atom is 0.303 e. The number of aromatic nitrogens is 1. The lowest BCUT2D eigenvalue weighted by Gasteiger charge is -2.35. The Morgan fingerprint density at radius 1 is 0.800 bits per heavy atom. The van der Waals surface area contributed by atoms with Crippen LogP contribution in [-0.4, -0.2) is 47.5 Å². The smallest absolute Gasteiger partial charge is 0.303 e. The molecule has 0 saturated carbocycles. The van der Waals surface area contributed by atoms with Crippen LogP contribution in [0.3, 0.4) is 0 Å². The normalized spacial score (nSPS) is 10.7. The number of carbonyl (C=O) groups is 4. The summed E-state index contributed by atoms with van der Waals surface area (Å²) in [7, 11) is 3.62. The number of carboxylic acids is 1. The topological polar surface area (TPSA) is 179 Å². The molecule has 6 rings (SSSR count). The van der Waals surface area contributed by atoms with Gasteiger partial charge in [-0.3, -0.25) is 19.2 Å². The summed E-state index contributed by atoms with van der Waals surface area (Å²) >= 11 is 0. The second-order valence-electron chi connectivity index (χ2n) is 12.2. The van der Waals surface area contributed by atoms with Gasteiger partial charge in [-0.25, -0.2) is 0 Å². The first-order chi connectivity index (χ1) is 26.6. The number of rotatable bonds is 13. The fourth-order valence-electron chi connectivity index (χ4n) is 6.04. The van der Waals surface area contributed by atoms with Crippen molar-refractivity contribution >= 4 is 41.3 Å². The van der Waals surface area contributed by atoms with Crippen molar-refractivity contribution in [1.29, 1.82) is 0 Å². The molecule has 5 aromatic carbocycles. The molecule has 0 aliphatic carbocycles. The van der Waals surface area contributed by atoms with Gasteiger partial charge in [0.2, 0.25) is 18.7 Å². The van der Waals surface area contributed by atoms with Crippen LogP contribution >= 0.6 is 0 Å². The summed E-state index contributed by atoms with van der Waals surface area (Å²) in [6.07, 6.45) is 4.63. The average molecular weight is 744 g/mol. The van der Waals surface area contributed by atoms with Crippen molar-refractivity contribution in [3.05, 3.63) is 168 Å². The molecule has 55 heavy (non-hydrogen) atoms. The highest BCUT2D eigenvalue weighted by molar-refractivity contribution is 5.87. The van der Waals surface area contributed by atoms with E-state index in [1.165, 1.54) is 0 Å². The van der Waals surface area contributed by atoms with Crippen molar-refractivity contribution < 1.29 is 29.0 Å². The molecular formula is C44H49N5O6. The minimum absolute atomic E-state index is 0.250. The SMILES string of the molecule is CCCC(=O)O.COc1ccc(NC(Cc2cn(C)c3ccccc23)C(N)=O)cc1.NC=O.O=CNC(c1ccccc1)(c1ccccc1)c1ccccc1. The fraction of sp³-hybridized carbons (Fsp3) is 0.182. The number of fused-ring (bicyclic) bond motifs is 1. The number of ether oxygens (including phenoxy) is 1. The maximum absolute atomic E-state index is 11.9. The number of carbonyl (C=O) groups excluding carboxylic acids is 3. The van der Waals surface area contributed by atoms with Crippen molar-refractivity contribution in [2.75, 3.05) is 12.4 Å². The maximum atomic E-state index is 11.9. The molecular weight excluding hydrogens is 695 g/mol. The number of primary amides is 2. The molecule has 0 spiro atoms. The van der Waals surface area contributed by atoms with Crippen LogP contribution in [0.2, 0.25) is 0 Å². The second kappa shape index (κ2) is 22.2. The number of nitrogens with zero attached hydrogens (tertiary/aromatic N) is 1. The Morgan fingerprint density at radius 3 is 1.67 bits per heavy atom. The lowest BCUT2D eigenvalue weighted by Crippen LogP contribution is -2.43. The van der Waals surface area contributed by atoms with Crippen molar-refractivity contribution in [3.8, 4) is 5.75 Å². The summed E-state index contributed by atoms with van der Waals surface area (Å²) < 4.78 is 7.21. The number of hydrogen-bond acceptors (Lipinski definition) is 6. The van der Waals surface area contributed by atoms with Gasteiger partial charge in [-0.1, -0.05) is 116 Å². The summed E-state index contributed by atoms with van der Waals surface area (Å²) in [5, 5.41) is 15.3. The van der Waals surface area contributed by atoms with Gasteiger partial charge >= 0.3 is 5.97 Å². The minimum Gasteiger partial charge on any atom is -0.497 e. The van der Waals surface area contributed by atoms with Crippen LogP contribution in [0, 0.1) is 0 Å². The Morgan fingerprint density at radius 2 is 1.27 bits per heavy atom. The van der Waals surface area contributed by atoms with Crippen molar-refractivity contribution in [2.45, 2.75) is 37.8 Å². The molecule has 1 atom stereocenters. The summed E-state index contributed by atoms with van der Waals surface area (Å²) in [5.41, 5.74) is 15.2. The number of amides is 3. The highest BCUT2D eigenvalue weighted by Gasteiger charge is 2.35. The van der Waals surface area contributed by atoms with Crippen LogP contribution < -0.4 is 26.8 Å². The molecule has 1 unspecified atom stereocenters. The van der Waals surface area contributed by atoms with Gasteiger partial charge in [-0.15, -0.1) is 0 Å². The van der Waals surface area contributed by atoms with E-state index in [-0.39, 0.29) is 12.3 Å². The molecule has 6 aromatic rings. The third-order valence-electron chi connectivity index (χ3n) is 8.54. The van der Waals surface area contributed by atoms with E-state index in [0.717, 1.165) is 57.4 Å². The van der Waals surface area contributed by atoms with Gasteiger partial charge < -0.3 is 36.5 Å². The summed E-state index contributed by atoms with van der Waals surface area (Å²) in [5.74, 6) is -0.318. The molecule has 11 nitrogen and oxygen atoms in total. The molecule has 1 aromatic heterocycles. The third-order valence-corrected chi connectivity index (χ3v) is 8.54. The number of aryl methyl sites for hydroxylation is 1. The van der Waals surface area contributed by atoms with E-state index in [0.29, 0.717) is 12.8 Å². The lowest BCUT2D eigenvalue weighted by atomic mass is 9.77. The van der Waals surface area contributed by atoms with E-state index in [9.17, 15) is 14.4 Å². The first kappa shape index (κ1) is 42.5. The van der Waals surface area contributed by atoms with Gasteiger partial charge in [-0.05, 0) is 59.0 Å². The van der Waals surface area contributed by atoms with Gasteiger partial charge in [0.1, 0.15) is 17.3 Å². The predicted octanol–water partition coefficient (Wildman–Crippen LogP) is 6.39. The molecule has 3 amide bonds. The lowest BCUT2D eigenvalue weighted by molar-refractivity contribution is -0.137. The molecule has 0 fully saturated rings. The number of anilines is 1. The van der Waals surface area contributed by atoms with E-state index in [1.807, 2.05) is 141 Å². The highest BCUT2D eigenvalue weighted by atomic mass is 16.5. The minimum atomic E-state index is -0.711. The standard InChI is InChI=1S/C20H17NO.C19H21N3O2.C4H8O2.CH3NO/c22-16-21-20(17-10-4-1-5-11-17,18-12-6-2-7-13-18)19-14-8-3-9-15-19;1-22-12-13(16-5-3-4-6-18(16)22)11-17(19(20)23)21-14-7-9-15(24-2)10-8-14;1-2-3-4(5)6;2-1-3/h1-16H,(H,21,22);3-10,12,17,21H,11H2,1-2H3,(H2,20,23);2-3H2,1H3,(H,5,6);1H,(H2,2,3). The van der Waals surface area contributed by atoms with E-state index < -0.39 is 17.6 Å². The van der Waals surface area contributed by atoms with E-state index in [4.69, 9.17) is 20.4 Å². The Labute approximate surface area is 321 Å². The van der Waals surface area contributed by atoms with Crippen molar-refractivity contribution in [2.24, 2.45) is 18.5 Å².